The summed E-state index contributed by atoms with van der Waals surface area (Å²) >= 11 is 5.93. The van der Waals surface area contributed by atoms with E-state index in [9.17, 15) is 9.59 Å². The second-order valence-corrected chi connectivity index (χ2v) is 6.40. The van der Waals surface area contributed by atoms with Crippen molar-refractivity contribution >= 4 is 23.5 Å². The quantitative estimate of drug-likeness (QED) is 0.871. The lowest BCUT2D eigenvalue weighted by atomic mass is 10.1. The molecule has 126 valence electrons. The third kappa shape index (κ3) is 3.59. The fourth-order valence-corrected chi connectivity index (χ4v) is 2.90. The molecule has 1 N–H and O–H groups in total. The van der Waals surface area contributed by atoms with Gasteiger partial charge in [-0.25, -0.2) is 4.79 Å². The molecular weight excluding hydrogens is 330 g/mol. The summed E-state index contributed by atoms with van der Waals surface area (Å²) in [6, 6.07) is 9.03. The Bertz CT molecular complexity index is 753. The van der Waals surface area contributed by atoms with E-state index in [1.54, 1.807) is 0 Å². The topological polar surface area (TPSA) is 75.4 Å². The van der Waals surface area contributed by atoms with Gasteiger partial charge in [-0.1, -0.05) is 23.7 Å². The van der Waals surface area contributed by atoms with Crippen LogP contribution < -0.4 is 0 Å². The summed E-state index contributed by atoms with van der Waals surface area (Å²) in [5, 5.41) is 13.5. The molecule has 7 heteroatoms. The van der Waals surface area contributed by atoms with Crippen LogP contribution in [0.15, 0.2) is 36.5 Å². The molecule has 1 fully saturated rings. The number of carbonyl (C=O) groups is 2. The summed E-state index contributed by atoms with van der Waals surface area (Å²) < 4.78 is 1.37. The van der Waals surface area contributed by atoms with E-state index < -0.39 is 5.97 Å². The largest absolute Gasteiger partial charge is 0.476 e. The van der Waals surface area contributed by atoms with Gasteiger partial charge >= 0.3 is 5.97 Å². The summed E-state index contributed by atoms with van der Waals surface area (Å²) in [6.07, 6.45) is 3.49. The molecule has 1 saturated carbocycles. The number of nitrogens with zero attached hydrogens (tertiary/aromatic N) is 3. The molecule has 24 heavy (non-hydrogen) atoms. The summed E-state index contributed by atoms with van der Waals surface area (Å²) in [4.78, 5) is 25.5. The zero-order valence-corrected chi connectivity index (χ0v) is 14.0. The number of carbonyl (C=O) groups excluding carboxylic acids is 1. The molecule has 0 radical (unpaired) electrons. The summed E-state index contributed by atoms with van der Waals surface area (Å²) in [6.45, 7) is 2.02. The molecule has 1 amide bonds. The van der Waals surface area contributed by atoms with Crippen LogP contribution in [0.1, 0.15) is 41.9 Å². The van der Waals surface area contributed by atoms with E-state index >= 15 is 0 Å². The monoisotopic (exact) mass is 347 g/mol. The van der Waals surface area contributed by atoms with Gasteiger partial charge in [0.2, 0.25) is 5.91 Å². The molecule has 0 saturated heterocycles. The van der Waals surface area contributed by atoms with Crippen LogP contribution >= 0.6 is 11.6 Å². The fraction of sp³-hybridized carbons (Fsp3) is 0.353. The summed E-state index contributed by atoms with van der Waals surface area (Å²) in [7, 11) is 0. The van der Waals surface area contributed by atoms with E-state index in [0.29, 0.717) is 5.02 Å². The Kier molecular flexibility index (Phi) is 4.57. The van der Waals surface area contributed by atoms with Crippen molar-refractivity contribution in [1.29, 1.82) is 0 Å². The smallest absolute Gasteiger partial charge is 0.356 e. The van der Waals surface area contributed by atoms with Crippen molar-refractivity contribution in [2.75, 3.05) is 0 Å². The number of aromatic carboxylic acids is 1. The Balaban J connectivity index is 1.75. The molecule has 0 spiro atoms. The normalized spacial score (nSPS) is 15.1. The van der Waals surface area contributed by atoms with Crippen LogP contribution in [0.2, 0.25) is 5.02 Å². The standard InChI is InChI=1S/C17H18ClN3O3/c1-11(12-2-4-13(18)5-3-12)21(14-6-7-14)16(22)10-20-9-8-15(19-20)17(23)24/h2-5,8-9,11,14H,6-7,10H2,1H3,(H,23,24). The van der Waals surface area contributed by atoms with Gasteiger partial charge in [-0.2, -0.15) is 5.10 Å². The van der Waals surface area contributed by atoms with Crippen LogP contribution in [0, 0.1) is 0 Å². The Morgan fingerprint density at radius 3 is 2.54 bits per heavy atom. The van der Waals surface area contributed by atoms with Crippen LogP contribution in [-0.2, 0) is 11.3 Å². The molecule has 1 aromatic carbocycles. The van der Waals surface area contributed by atoms with E-state index in [4.69, 9.17) is 16.7 Å². The zero-order valence-electron chi connectivity index (χ0n) is 13.2. The number of benzene rings is 1. The molecule has 6 nitrogen and oxygen atoms in total. The lowest BCUT2D eigenvalue weighted by Crippen LogP contribution is -2.38. The molecule has 0 aliphatic heterocycles. The predicted octanol–water partition coefficient (Wildman–Crippen LogP) is 2.99. The first-order valence-corrected chi connectivity index (χ1v) is 8.17. The van der Waals surface area contributed by atoms with Gasteiger partial charge in [0.25, 0.3) is 0 Å². The number of amides is 1. The lowest BCUT2D eigenvalue weighted by Gasteiger charge is -2.30. The van der Waals surface area contributed by atoms with Gasteiger partial charge < -0.3 is 10.0 Å². The van der Waals surface area contributed by atoms with Crippen molar-refractivity contribution in [3.63, 3.8) is 0 Å². The van der Waals surface area contributed by atoms with Gasteiger partial charge in [0.15, 0.2) is 5.69 Å². The minimum absolute atomic E-state index is 0.0295. The molecule has 1 atom stereocenters. The molecule has 1 aromatic heterocycles. The van der Waals surface area contributed by atoms with E-state index in [0.717, 1.165) is 18.4 Å². The van der Waals surface area contributed by atoms with Crippen LogP contribution in [0.3, 0.4) is 0 Å². The van der Waals surface area contributed by atoms with Crippen molar-refractivity contribution in [3.05, 3.63) is 52.8 Å². The molecular formula is C17H18ClN3O3. The third-order valence-corrected chi connectivity index (χ3v) is 4.41. The third-order valence-electron chi connectivity index (χ3n) is 4.15. The number of rotatable bonds is 6. The Hall–Kier alpha value is -2.34. The highest BCUT2D eigenvalue weighted by Crippen LogP contribution is 2.34. The SMILES string of the molecule is CC(c1ccc(Cl)cc1)N(C(=O)Cn1ccc(C(=O)O)n1)C1CC1. The van der Waals surface area contributed by atoms with Crippen LogP contribution in [0.4, 0.5) is 0 Å². The van der Waals surface area contributed by atoms with E-state index in [-0.39, 0.29) is 30.2 Å². The van der Waals surface area contributed by atoms with Crippen molar-refractivity contribution < 1.29 is 14.7 Å². The maximum atomic E-state index is 12.7. The van der Waals surface area contributed by atoms with E-state index in [1.165, 1.54) is 16.9 Å². The van der Waals surface area contributed by atoms with Crippen LogP contribution in [-0.4, -0.2) is 37.7 Å². The summed E-state index contributed by atoms with van der Waals surface area (Å²) in [5.41, 5.74) is 0.956. The number of hydrogen-bond donors (Lipinski definition) is 1. The molecule has 0 bridgehead atoms. The number of aromatic nitrogens is 2. The molecule has 1 unspecified atom stereocenters. The first-order valence-electron chi connectivity index (χ1n) is 7.79. The molecule has 2 aromatic rings. The molecule has 1 heterocycles. The minimum atomic E-state index is -1.10. The maximum Gasteiger partial charge on any atom is 0.356 e. The fourth-order valence-electron chi connectivity index (χ4n) is 2.77. The van der Waals surface area contributed by atoms with E-state index in [2.05, 4.69) is 5.10 Å². The van der Waals surface area contributed by atoms with E-state index in [1.807, 2.05) is 36.1 Å². The highest BCUT2D eigenvalue weighted by molar-refractivity contribution is 6.30. The molecule has 1 aliphatic carbocycles. The predicted molar refractivity (Wildman–Crippen MR) is 88.9 cm³/mol. The van der Waals surface area contributed by atoms with Crippen molar-refractivity contribution in [2.24, 2.45) is 0 Å². The first-order chi connectivity index (χ1) is 11.5. The molecule has 3 rings (SSSR count). The van der Waals surface area contributed by atoms with Crippen molar-refractivity contribution in [1.82, 2.24) is 14.7 Å². The second-order valence-electron chi connectivity index (χ2n) is 5.96. The van der Waals surface area contributed by atoms with Gasteiger partial charge in [0.1, 0.15) is 6.54 Å². The van der Waals surface area contributed by atoms with Crippen LogP contribution in [0.25, 0.3) is 0 Å². The minimum Gasteiger partial charge on any atom is -0.476 e. The first kappa shape index (κ1) is 16.5. The van der Waals surface area contributed by atoms with Crippen molar-refractivity contribution in [2.45, 2.75) is 38.4 Å². The zero-order chi connectivity index (χ0) is 17.3. The average Bonchev–Trinajstić information content (AvgIpc) is 3.25. The number of carboxylic acids is 1. The van der Waals surface area contributed by atoms with Crippen LogP contribution in [0.5, 0.6) is 0 Å². The number of halogens is 1. The Labute approximate surface area is 144 Å². The van der Waals surface area contributed by atoms with Gasteiger partial charge in [-0.05, 0) is 43.5 Å². The maximum absolute atomic E-state index is 12.7. The average molecular weight is 348 g/mol. The molecule has 1 aliphatic rings. The number of carboxylic acid groups (broad SMARTS) is 1. The van der Waals surface area contributed by atoms with Crippen molar-refractivity contribution in [3.8, 4) is 0 Å². The Morgan fingerprint density at radius 2 is 2.00 bits per heavy atom. The number of hydrogen-bond acceptors (Lipinski definition) is 3. The Morgan fingerprint density at radius 1 is 1.33 bits per heavy atom. The van der Waals surface area contributed by atoms with Gasteiger partial charge in [-0.3, -0.25) is 9.48 Å². The lowest BCUT2D eigenvalue weighted by molar-refractivity contribution is -0.134. The van der Waals surface area contributed by atoms with Gasteiger partial charge in [-0.15, -0.1) is 0 Å². The highest BCUT2D eigenvalue weighted by atomic mass is 35.5. The second kappa shape index (κ2) is 6.65. The van der Waals surface area contributed by atoms with Gasteiger partial charge in [0, 0.05) is 17.3 Å². The van der Waals surface area contributed by atoms with Gasteiger partial charge in [0.05, 0.1) is 6.04 Å². The highest BCUT2D eigenvalue weighted by Gasteiger charge is 2.36. The summed E-state index contributed by atoms with van der Waals surface area (Å²) in [5.74, 6) is -1.17.